The molecule has 0 aromatic heterocycles. The molecule has 17 heavy (non-hydrogen) atoms. The van der Waals surface area contributed by atoms with Gasteiger partial charge in [0.2, 0.25) is 0 Å². The third-order valence-electron chi connectivity index (χ3n) is 4.71. The van der Waals surface area contributed by atoms with Gasteiger partial charge in [0.15, 0.2) is 0 Å². The fourth-order valence-corrected chi connectivity index (χ4v) is 2.45. The second kappa shape index (κ2) is 7.03. The Morgan fingerprint density at radius 1 is 0.765 bits per heavy atom. The van der Waals surface area contributed by atoms with Crippen molar-refractivity contribution in [3.63, 3.8) is 0 Å². The average Bonchev–Trinajstić information content (AvgIpc) is 2.39. The van der Waals surface area contributed by atoms with Crippen LogP contribution in [0.1, 0.15) is 80.1 Å². The van der Waals surface area contributed by atoms with Gasteiger partial charge in [0.1, 0.15) is 5.60 Å². The highest BCUT2D eigenvalue weighted by molar-refractivity contribution is 5.77. The SMILES string of the molecule is CCC(CC)(CC)OC(=O)C(CC)(CC)CC. The highest BCUT2D eigenvalue weighted by Crippen LogP contribution is 2.35. The number of esters is 1. The van der Waals surface area contributed by atoms with Crippen LogP contribution < -0.4 is 0 Å². The number of rotatable bonds is 8. The molecule has 0 spiro atoms. The Hall–Kier alpha value is -0.530. The zero-order chi connectivity index (χ0) is 13.5. The Morgan fingerprint density at radius 2 is 1.12 bits per heavy atom. The first-order valence-electron chi connectivity index (χ1n) is 7.23. The molecule has 0 N–H and O–H groups in total. The molecule has 0 unspecified atom stereocenters. The lowest BCUT2D eigenvalue weighted by atomic mass is 9.79. The van der Waals surface area contributed by atoms with Crippen molar-refractivity contribution >= 4 is 5.97 Å². The summed E-state index contributed by atoms with van der Waals surface area (Å²) in [5.74, 6) is 0.00977. The highest BCUT2D eigenvalue weighted by atomic mass is 16.6. The van der Waals surface area contributed by atoms with Crippen molar-refractivity contribution in [2.75, 3.05) is 0 Å². The van der Waals surface area contributed by atoms with Crippen molar-refractivity contribution in [2.24, 2.45) is 5.41 Å². The number of hydrogen-bond acceptors (Lipinski definition) is 2. The Bertz CT molecular complexity index is 209. The summed E-state index contributed by atoms with van der Waals surface area (Å²) in [6.07, 6.45) is 5.31. The molecule has 0 aromatic carbocycles. The molecule has 0 saturated carbocycles. The quantitative estimate of drug-likeness (QED) is 0.576. The van der Waals surface area contributed by atoms with Gasteiger partial charge in [-0.25, -0.2) is 0 Å². The lowest BCUT2D eigenvalue weighted by molar-refractivity contribution is -0.175. The Labute approximate surface area is 107 Å². The zero-order valence-corrected chi connectivity index (χ0v) is 12.6. The predicted octanol–water partition coefficient (Wildman–Crippen LogP) is 4.71. The molecule has 0 saturated heterocycles. The summed E-state index contributed by atoms with van der Waals surface area (Å²) < 4.78 is 5.88. The molecule has 0 atom stereocenters. The first-order chi connectivity index (χ1) is 7.99. The van der Waals surface area contributed by atoms with Gasteiger partial charge in [-0.1, -0.05) is 41.5 Å². The first kappa shape index (κ1) is 16.5. The summed E-state index contributed by atoms with van der Waals surface area (Å²) >= 11 is 0. The van der Waals surface area contributed by atoms with Crippen molar-refractivity contribution in [1.82, 2.24) is 0 Å². The van der Waals surface area contributed by atoms with Crippen LogP contribution in [0, 0.1) is 5.41 Å². The molecule has 0 aliphatic rings. The van der Waals surface area contributed by atoms with E-state index in [-0.39, 0.29) is 17.0 Å². The molecular formula is C15H30O2. The maximum atomic E-state index is 12.4. The molecule has 0 aliphatic heterocycles. The lowest BCUT2D eigenvalue weighted by Gasteiger charge is -2.36. The Morgan fingerprint density at radius 3 is 1.35 bits per heavy atom. The number of ether oxygens (including phenoxy) is 1. The van der Waals surface area contributed by atoms with Crippen molar-refractivity contribution in [1.29, 1.82) is 0 Å². The van der Waals surface area contributed by atoms with E-state index in [0.717, 1.165) is 38.5 Å². The molecule has 0 fully saturated rings. The van der Waals surface area contributed by atoms with Crippen molar-refractivity contribution in [3.8, 4) is 0 Å². The van der Waals surface area contributed by atoms with Gasteiger partial charge in [0, 0.05) is 0 Å². The van der Waals surface area contributed by atoms with Crippen LogP contribution in [0.15, 0.2) is 0 Å². The van der Waals surface area contributed by atoms with Gasteiger partial charge >= 0.3 is 5.97 Å². The number of hydrogen-bond donors (Lipinski definition) is 0. The Balaban J connectivity index is 4.92. The lowest BCUT2D eigenvalue weighted by Crippen LogP contribution is -2.40. The number of carbonyl (C=O) groups is 1. The van der Waals surface area contributed by atoms with E-state index < -0.39 is 0 Å². The molecule has 0 rings (SSSR count). The van der Waals surface area contributed by atoms with Crippen LogP contribution in [-0.4, -0.2) is 11.6 Å². The Kier molecular flexibility index (Phi) is 6.81. The summed E-state index contributed by atoms with van der Waals surface area (Å²) in [7, 11) is 0. The maximum Gasteiger partial charge on any atom is 0.312 e. The van der Waals surface area contributed by atoms with Crippen molar-refractivity contribution < 1.29 is 9.53 Å². The topological polar surface area (TPSA) is 26.3 Å². The van der Waals surface area contributed by atoms with E-state index in [9.17, 15) is 4.79 Å². The smallest absolute Gasteiger partial charge is 0.312 e. The molecule has 2 nitrogen and oxygen atoms in total. The minimum atomic E-state index is -0.273. The minimum Gasteiger partial charge on any atom is -0.459 e. The average molecular weight is 242 g/mol. The summed E-state index contributed by atoms with van der Waals surface area (Å²) in [4.78, 5) is 12.4. The van der Waals surface area contributed by atoms with Gasteiger partial charge in [-0.2, -0.15) is 0 Å². The molecule has 2 heteroatoms. The van der Waals surface area contributed by atoms with Gasteiger partial charge in [-0.05, 0) is 38.5 Å². The van der Waals surface area contributed by atoms with E-state index in [1.165, 1.54) is 0 Å². The van der Waals surface area contributed by atoms with E-state index in [1.54, 1.807) is 0 Å². The van der Waals surface area contributed by atoms with E-state index in [0.29, 0.717) is 0 Å². The molecule has 0 bridgehead atoms. The number of carbonyl (C=O) groups excluding carboxylic acids is 1. The molecule has 0 aliphatic carbocycles. The maximum absolute atomic E-state index is 12.4. The summed E-state index contributed by atoms with van der Waals surface area (Å²) in [6.45, 7) is 12.6. The van der Waals surface area contributed by atoms with Gasteiger partial charge in [-0.15, -0.1) is 0 Å². The van der Waals surface area contributed by atoms with E-state index in [1.807, 2.05) is 0 Å². The third-order valence-corrected chi connectivity index (χ3v) is 4.71. The minimum absolute atomic E-state index is 0.00977. The molecule has 0 aromatic rings. The van der Waals surface area contributed by atoms with Crippen LogP contribution in [0.2, 0.25) is 0 Å². The van der Waals surface area contributed by atoms with Gasteiger partial charge in [0.25, 0.3) is 0 Å². The summed E-state index contributed by atoms with van der Waals surface area (Å²) in [6, 6.07) is 0. The van der Waals surface area contributed by atoms with Crippen LogP contribution in [0.3, 0.4) is 0 Å². The second-order valence-corrected chi connectivity index (χ2v) is 4.97. The van der Waals surface area contributed by atoms with Crippen LogP contribution in [0.25, 0.3) is 0 Å². The molecule has 102 valence electrons. The molecular weight excluding hydrogens is 212 g/mol. The highest BCUT2D eigenvalue weighted by Gasteiger charge is 2.39. The second-order valence-electron chi connectivity index (χ2n) is 4.97. The fraction of sp³-hybridized carbons (Fsp3) is 0.933. The van der Waals surface area contributed by atoms with E-state index in [2.05, 4.69) is 41.5 Å². The molecule has 0 heterocycles. The van der Waals surface area contributed by atoms with Gasteiger partial charge in [0.05, 0.1) is 5.41 Å². The van der Waals surface area contributed by atoms with E-state index >= 15 is 0 Å². The monoisotopic (exact) mass is 242 g/mol. The zero-order valence-electron chi connectivity index (χ0n) is 12.6. The van der Waals surface area contributed by atoms with Crippen molar-refractivity contribution in [2.45, 2.75) is 85.7 Å². The summed E-state index contributed by atoms with van der Waals surface area (Å²) in [5.41, 5.74) is -0.521. The van der Waals surface area contributed by atoms with Crippen LogP contribution >= 0.6 is 0 Å². The fourth-order valence-electron chi connectivity index (χ4n) is 2.45. The van der Waals surface area contributed by atoms with Crippen LogP contribution in [-0.2, 0) is 9.53 Å². The van der Waals surface area contributed by atoms with Crippen LogP contribution in [0.5, 0.6) is 0 Å². The standard InChI is InChI=1S/C15H30O2/c1-7-14(8-2,9-3)13(16)17-15(10-4,11-5)12-6/h7-12H2,1-6H3. The van der Waals surface area contributed by atoms with Gasteiger partial charge in [-0.3, -0.25) is 4.79 Å². The largest absolute Gasteiger partial charge is 0.459 e. The first-order valence-corrected chi connectivity index (χ1v) is 7.23. The summed E-state index contributed by atoms with van der Waals surface area (Å²) in [5, 5.41) is 0. The van der Waals surface area contributed by atoms with E-state index in [4.69, 9.17) is 4.74 Å². The predicted molar refractivity (Wildman–Crippen MR) is 73.0 cm³/mol. The normalized spacial score (nSPS) is 12.6. The third kappa shape index (κ3) is 3.46. The van der Waals surface area contributed by atoms with Crippen LogP contribution in [0.4, 0.5) is 0 Å². The molecule has 0 amide bonds. The van der Waals surface area contributed by atoms with Gasteiger partial charge < -0.3 is 4.74 Å². The molecule has 0 radical (unpaired) electrons. The van der Waals surface area contributed by atoms with Crippen molar-refractivity contribution in [3.05, 3.63) is 0 Å².